The maximum atomic E-state index is 12.4. The first-order valence-electron chi connectivity index (χ1n) is 12.1. The summed E-state index contributed by atoms with van der Waals surface area (Å²) in [5, 5.41) is 71.7. The van der Waals surface area contributed by atoms with Crippen LogP contribution in [0.2, 0.25) is 0 Å². The zero-order chi connectivity index (χ0) is 28.6. The number of phenols is 4. The molecule has 0 saturated carbocycles. The Bertz CT molecular complexity index is 1540. The Kier molecular flexibility index (Phi) is 7.32. The maximum absolute atomic E-state index is 12.4. The summed E-state index contributed by atoms with van der Waals surface area (Å²) in [6.07, 6.45) is -8.11. The Morgan fingerprint density at radius 2 is 1.57 bits per heavy atom. The average Bonchev–Trinajstić information content (AvgIpc) is 2.94. The van der Waals surface area contributed by atoms with Crippen LogP contribution in [0.3, 0.4) is 0 Å². The molecule has 3 aromatic carbocycles. The van der Waals surface area contributed by atoms with Crippen molar-refractivity contribution in [2.24, 2.45) is 0 Å². The monoisotopic (exact) mass is 553 g/mol. The SMILES string of the molecule is O=C(OC[C@H]1O[C@@H](Oc2cc3c(O)cc(O)cc3[o+]c2-c2ccc(O)c(O)c2)[C@H](O)[C@@H](O)[C@@H]1O)c1ccccc1. The predicted molar refractivity (Wildman–Crippen MR) is 137 cm³/mol. The Labute approximate surface area is 226 Å². The van der Waals surface area contributed by atoms with Gasteiger partial charge in [0.15, 0.2) is 11.5 Å². The molecule has 0 spiro atoms. The molecular formula is C28H25O12+. The molecule has 0 unspecified atom stereocenters. The summed E-state index contributed by atoms with van der Waals surface area (Å²) in [4.78, 5) is 12.4. The summed E-state index contributed by atoms with van der Waals surface area (Å²) in [5.41, 5.74) is 0.472. The first-order valence-corrected chi connectivity index (χ1v) is 12.1. The summed E-state index contributed by atoms with van der Waals surface area (Å²) in [6.45, 7) is -0.487. The van der Waals surface area contributed by atoms with Crippen molar-refractivity contribution in [3.8, 4) is 40.1 Å². The van der Waals surface area contributed by atoms with Crippen LogP contribution in [0.5, 0.6) is 28.7 Å². The number of phenolic OH excluding ortho intramolecular Hbond substituents is 4. The fourth-order valence-electron chi connectivity index (χ4n) is 4.23. The highest BCUT2D eigenvalue weighted by Crippen LogP contribution is 2.42. The Balaban J connectivity index is 1.47. The molecule has 1 saturated heterocycles. The van der Waals surface area contributed by atoms with Gasteiger partial charge in [-0.15, -0.1) is 0 Å². The van der Waals surface area contributed by atoms with E-state index in [9.17, 15) is 40.5 Å². The van der Waals surface area contributed by atoms with Gasteiger partial charge in [-0.2, -0.15) is 0 Å². The molecule has 12 nitrogen and oxygen atoms in total. The van der Waals surface area contributed by atoms with E-state index in [1.54, 1.807) is 18.2 Å². The molecule has 0 bridgehead atoms. The average molecular weight is 553 g/mol. The van der Waals surface area contributed by atoms with Crippen molar-refractivity contribution in [3.63, 3.8) is 0 Å². The van der Waals surface area contributed by atoms with Gasteiger partial charge in [0.2, 0.25) is 12.0 Å². The van der Waals surface area contributed by atoms with Crippen molar-refractivity contribution < 1.29 is 59.2 Å². The number of ether oxygens (including phenoxy) is 3. The van der Waals surface area contributed by atoms with Crippen LogP contribution in [0.1, 0.15) is 10.4 Å². The second-order valence-electron chi connectivity index (χ2n) is 9.12. The highest BCUT2D eigenvalue weighted by atomic mass is 16.7. The molecule has 0 amide bonds. The number of aliphatic hydroxyl groups excluding tert-OH is 3. The standard InChI is InChI=1S/C28H24O12/c29-15-9-18(31)16-11-21(26(38-20(16)10-15)14-6-7-17(30)19(32)8-14)39-28-25(35)24(34)23(33)22(40-28)12-37-27(36)13-4-2-1-3-5-13/h1-11,22-25,28,33-35H,12H2,(H3-,29,30,31,32)/p+1/t22-,23-,24+,25-,28-/m1/s1. The van der Waals surface area contributed by atoms with E-state index in [1.807, 2.05) is 0 Å². The quantitative estimate of drug-likeness (QED) is 0.105. The van der Waals surface area contributed by atoms with E-state index in [0.29, 0.717) is 0 Å². The highest BCUT2D eigenvalue weighted by molar-refractivity contribution is 5.89. The zero-order valence-corrected chi connectivity index (χ0v) is 20.6. The lowest BCUT2D eigenvalue weighted by molar-refractivity contribution is -0.277. The summed E-state index contributed by atoms with van der Waals surface area (Å²) in [6, 6.07) is 15.4. The molecule has 1 fully saturated rings. The van der Waals surface area contributed by atoms with Gasteiger partial charge < -0.3 is 50.0 Å². The van der Waals surface area contributed by atoms with Crippen molar-refractivity contribution in [3.05, 3.63) is 72.3 Å². The number of carbonyl (C=O) groups excluding carboxylic acids is 1. The van der Waals surface area contributed by atoms with Gasteiger partial charge in [0.25, 0.3) is 0 Å². The smallest absolute Gasteiger partial charge is 0.402 e. The number of hydrogen-bond donors (Lipinski definition) is 7. The number of hydrogen-bond acceptors (Lipinski definition) is 11. The second-order valence-corrected chi connectivity index (χ2v) is 9.12. The number of fused-ring (bicyclic) bond motifs is 1. The van der Waals surface area contributed by atoms with E-state index in [1.165, 1.54) is 36.4 Å². The molecule has 7 N–H and O–H groups in total. The molecule has 1 aliphatic rings. The van der Waals surface area contributed by atoms with Gasteiger partial charge in [0, 0.05) is 18.2 Å². The van der Waals surface area contributed by atoms with Crippen molar-refractivity contribution in [1.82, 2.24) is 0 Å². The molecule has 0 radical (unpaired) electrons. The normalized spacial score (nSPS) is 22.6. The van der Waals surface area contributed by atoms with Gasteiger partial charge in [-0.25, -0.2) is 9.21 Å². The number of aromatic hydroxyl groups is 4. The lowest BCUT2D eigenvalue weighted by Gasteiger charge is -2.39. The van der Waals surface area contributed by atoms with Gasteiger partial charge in [0.05, 0.1) is 17.2 Å². The number of aliphatic hydroxyl groups is 3. The Morgan fingerprint density at radius 3 is 2.30 bits per heavy atom. The van der Waals surface area contributed by atoms with Crippen LogP contribution in [-0.2, 0) is 9.47 Å². The van der Waals surface area contributed by atoms with Gasteiger partial charge in [-0.1, -0.05) is 18.2 Å². The number of benzene rings is 3. The molecule has 0 aliphatic carbocycles. The molecule has 208 valence electrons. The minimum atomic E-state index is -1.78. The number of rotatable bonds is 6. The second kappa shape index (κ2) is 10.9. The van der Waals surface area contributed by atoms with E-state index >= 15 is 0 Å². The highest BCUT2D eigenvalue weighted by Gasteiger charge is 2.46. The first kappa shape index (κ1) is 27.0. The number of esters is 1. The van der Waals surface area contributed by atoms with E-state index in [0.717, 1.165) is 12.1 Å². The van der Waals surface area contributed by atoms with Crippen molar-refractivity contribution >= 4 is 16.9 Å². The van der Waals surface area contributed by atoms with Crippen LogP contribution in [0.15, 0.2) is 71.1 Å². The topological polar surface area (TPSA) is 198 Å². The first-order chi connectivity index (χ1) is 19.1. The van der Waals surface area contributed by atoms with Crippen molar-refractivity contribution in [1.29, 1.82) is 0 Å². The van der Waals surface area contributed by atoms with E-state index < -0.39 is 54.8 Å². The fourth-order valence-corrected chi connectivity index (χ4v) is 4.23. The summed E-state index contributed by atoms with van der Waals surface area (Å²) < 4.78 is 22.6. The minimum Gasteiger partial charge on any atom is -0.507 e. The van der Waals surface area contributed by atoms with E-state index in [2.05, 4.69) is 0 Å². The third kappa shape index (κ3) is 5.28. The third-order valence-electron chi connectivity index (χ3n) is 6.35. The molecule has 40 heavy (non-hydrogen) atoms. The third-order valence-corrected chi connectivity index (χ3v) is 6.35. The van der Waals surface area contributed by atoms with Gasteiger partial charge in [-0.3, -0.25) is 0 Å². The van der Waals surface area contributed by atoms with Crippen molar-refractivity contribution in [2.45, 2.75) is 30.7 Å². The lowest BCUT2D eigenvalue weighted by atomic mass is 9.99. The molecule has 4 aromatic rings. The van der Waals surface area contributed by atoms with Crippen LogP contribution in [0.25, 0.3) is 22.3 Å². The Hall–Kier alpha value is -4.62. The molecule has 12 heteroatoms. The van der Waals surface area contributed by atoms with Gasteiger partial charge in [-0.05, 0) is 24.3 Å². The largest absolute Gasteiger partial charge is 0.507 e. The van der Waals surface area contributed by atoms with E-state index in [4.69, 9.17) is 18.6 Å². The maximum Gasteiger partial charge on any atom is 0.402 e. The molecule has 1 aliphatic heterocycles. The van der Waals surface area contributed by atoms with Crippen LogP contribution < -0.4 is 4.74 Å². The van der Waals surface area contributed by atoms with Crippen molar-refractivity contribution in [2.75, 3.05) is 6.61 Å². The van der Waals surface area contributed by atoms with Crippen LogP contribution in [0.4, 0.5) is 0 Å². The molecule has 5 atom stereocenters. The molecule has 5 rings (SSSR count). The van der Waals surface area contributed by atoms with E-state index in [-0.39, 0.29) is 45.1 Å². The minimum absolute atomic E-state index is 0.0266. The van der Waals surface area contributed by atoms with Crippen LogP contribution in [-0.4, -0.2) is 79.0 Å². The molecular weight excluding hydrogens is 528 g/mol. The lowest BCUT2D eigenvalue weighted by Crippen LogP contribution is -2.60. The molecule has 2 heterocycles. The predicted octanol–water partition coefficient (Wildman–Crippen LogP) is 2.25. The summed E-state index contributed by atoms with van der Waals surface area (Å²) >= 11 is 0. The summed E-state index contributed by atoms with van der Waals surface area (Å²) in [7, 11) is 0. The summed E-state index contributed by atoms with van der Waals surface area (Å²) in [5.74, 6) is -2.46. The Morgan fingerprint density at radius 1 is 0.825 bits per heavy atom. The van der Waals surface area contributed by atoms with Crippen LogP contribution >= 0.6 is 0 Å². The number of carbonyl (C=O) groups is 1. The van der Waals surface area contributed by atoms with Gasteiger partial charge in [0.1, 0.15) is 47.9 Å². The fraction of sp³-hybridized carbons (Fsp3) is 0.214. The molecule has 1 aromatic heterocycles. The zero-order valence-electron chi connectivity index (χ0n) is 20.6. The van der Waals surface area contributed by atoms with Crippen LogP contribution in [0, 0.1) is 0 Å². The van der Waals surface area contributed by atoms with Gasteiger partial charge >= 0.3 is 17.3 Å².